The zero-order chi connectivity index (χ0) is 36.6. The summed E-state index contributed by atoms with van der Waals surface area (Å²) in [6, 6.07) is 62.1. The molecule has 0 amide bonds. The fraction of sp³-hybridized carbons (Fsp3) is 0. The van der Waals surface area contributed by atoms with Crippen LogP contribution in [0.15, 0.2) is 194 Å². The maximum Gasteiger partial charge on any atom is 0.160 e. The Morgan fingerprint density at radius 2 is 0.818 bits per heavy atom. The second-order valence-corrected chi connectivity index (χ2v) is 13.4. The molecule has 0 saturated heterocycles. The van der Waals surface area contributed by atoms with Gasteiger partial charge in [-0.3, -0.25) is 9.97 Å². The van der Waals surface area contributed by atoms with Gasteiger partial charge in [-0.1, -0.05) is 127 Å². The van der Waals surface area contributed by atoms with Gasteiger partial charge >= 0.3 is 0 Å². The van der Waals surface area contributed by atoms with Gasteiger partial charge in [-0.2, -0.15) is 0 Å². The molecule has 0 atom stereocenters. The lowest BCUT2D eigenvalue weighted by Crippen LogP contribution is -1.98. The average Bonchev–Trinajstić information content (AvgIpc) is 3.61. The molecule has 0 radical (unpaired) electrons. The highest BCUT2D eigenvalue weighted by Crippen LogP contribution is 2.34. The summed E-state index contributed by atoms with van der Waals surface area (Å²) in [5.41, 5.74) is 13.0. The molecular weight excluding hydrogens is 673 g/mol. The van der Waals surface area contributed by atoms with E-state index in [-0.39, 0.29) is 0 Å². The summed E-state index contributed by atoms with van der Waals surface area (Å²) in [6.45, 7) is 0. The molecule has 0 aliphatic heterocycles. The fourth-order valence-electron chi connectivity index (χ4n) is 7.23. The Balaban J connectivity index is 1.04. The lowest BCUT2D eigenvalue weighted by Gasteiger charge is -2.12. The highest BCUT2D eigenvalue weighted by Gasteiger charge is 2.16. The van der Waals surface area contributed by atoms with E-state index in [9.17, 15) is 0 Å². The van der Waals surface area contributed by atoms with Crippen LogP contribution in [0.1, 0.15) is 0 Å². The Morgan fingerprint density at radius 3 is 1.38 bits per heavy atom. The monoisotopic (exact) mass is 704 g/mol. The number of fused-ring (bicyclic) bond motifs is 3. The molecule has 0 bridgehead atoms. The number of hydrogen-bond donors (Lipinski definition) is 0. The van der Waals surface area contributed by atoms with Gasteiger partial charge in [-0.15, -0.1) is 0 Å². The van der Waals surface area contributed by atoms with E-state index < -0.39 is 0 Å². The van der Waals surface area contributed by atoms with Crippen LogP contribution in [0.25, 0.3) is 95.3 Å². The maximum absolute atomic E-state index is 5.14. The van der Waals surface area contributed by atoms with Crippen molar-refractivity contribution in [2.45, 2.75) is 0 Å². The summed E-state index contributed by atoms with van der Waals surface area (Å²) in [5, 5.41) is 2.44. The molecular formula is C49H32N6. The standard InChI is InChI=1S/C49H32N6/c1-4-14-33(15-5-1)37-28-45(52-46(29-37)42-27-25-38(32-51-42)55-47-22-12-10-20-39(47)40-21-11-13-23-48(40)55)41-26-24-36(31-50-41)44-30-43(34-16-6-2-7-17-34)53-49(54-44)35-18-8-3-9-19-35/h1-32H. The van der Waals surface area contributed by atoms with Crippen molar-refractivity contribution < 1.29 is 0 Å². The molecule has 0 N–H and O–H groups in total. The van der Waals surface area contributed by atoms with Crippen LogP contribution in [0.2, 0.25) is 0 Å². The van der Waals surface area contributed by atoms with E-state index in [1.807, 2.05) is 79.1 Å². The Morgan fingerprint density at radius 1 is 0.309 bits per heavy atom. The second-order valence-electron chi connectivity index (χ2n) is 13.4. The van der Waals surface area contributed by atoms with Crippen LogP contribution in [0.3, 0.4) is 0 Å². The maximum atomic E-state index is 5.14. The second kappa shape index (κ2) is 13.8. The highest BCUT2D eigenvalue weighted by atomic mass is 15.0. The Labute approximate surface area is 318 Å². The lowest BCUT2D eigenvalue weighted by atomic mass is 10.0. The van der Waals surface area contributed by atoms with Gasteiger partial charge in [0.1, 0.15) is 0 Å². The number of hydrogen-bond acceptors (Lipinski definition) is 5. The first-order valence-electron chi connectivity index (χ1n) is 18.2. The first kappa shape index (κ1) is 32.1. The summed E-state index contributed by atoms with van der Waals surface area (Å²) in [4.78, 5) is 25.0. The summed E-state index contributed by atoms with van der Waals surface area (Å²) in [7, 11) is 0. The average molecular weight is 705 g/mol. The van der Waals surface area contributed by atoms with Gasteiger partial charge in [0.15, 0.2) is 5.82 Å². The van der Waals surface area contributed by atoms with Gasteiger partial charge in [0, 0.05) is 33.7 Å². The summed E-state index contributed by atoms with van der Waals surface area (Å²) in [5.74, 6) is 0.666. The molecule has 55 heavy (non-hydrogen) atoms. The molecule has 5 aromatic carbocycles. The van der Waals surface area contributed by atoms with E-state index in [0.29, 0.717) is 5.82 Å². The smallest absolute Gasteiger partial charge is 0.160 e. The highest BCUT2D eigenvalue weighted by molar-refractivity contribution is 6.09. The molecule has 10 aromatic rings. The third kappa shape index (κ3) is 6.11. The molecule has 5 aromatic heterocycles. The van der Waals surface area contributed by atoms with Crippen molar-refractivity contribution in [3.05, 3.63) is 194 Å². The normalized spacial score (nSPS) is 11.3. The number of para-hydroxylation sites is 2. The number of rotatable bonds is 7. The number of aromatic nitrogens is 6. The van der Waals surface area contributed by atoms with E-state index in [1.54, 1.807) is 0 Å². The van der Waals surface area contributed by atoms with Crippen molar-refractivity contribution >= 4 is 21.8 Å². The third-order valence-electron chi connectivity index (χ3n) is 9.93. The Hall–Kier alpha value is -7.57. The summed E-state index contributed by atoms with van der Waals surface area (Å²) < 4.78 is 2.27. The quantitative estimate of drug-likeness (QED) is 0.165. The van der Waals surface area contributed by atoms with Gasteiger partial charge in [0.2, 0.25) is 0 Å². The van der Waals surface area contributed by atoms with Crippen LogP contribution >= 0.6 is 0 Å². The molecule has 6 nitrogen and oxygen atoms in total. The minimum atomic E-state index is 0.666. The van der Waals surface area contributed by atoms with E-state index in [4.69, 9.17) is 24.9 Å². The Kier molecular flexibility index (Phi) is 8.04. The SMILES string of the molecule is c1ccc(-c2cc(-c3ccc(-c4cc(-c5ccccc5)nc(-c5ccccc5)n4)cn3)nc(-c3ccc(-n4c5ccccc5c5ccccc54)cn3)c2)cc1. The van der Waals surface area contributed by atoms with Crippen molar-refractivity contribution in [1.29, 1.82) is 0 Å². The van der Waals surface area contributed by atoms with Gasteiger partial charge in [-0.25, -0.2) is 15.0 Å². The van der Waals surface area contributed by atoms with Crippen molar-refractivity contribution in [2.24, 2.45) is 0 Å². The predicted molar refractivity (Wildman–Crippen MR) is 222 cm³/mol. The predicted octanol–water partition coefficient (Wildman–Crippen LogP) is 11.8. The van der Waals surface area contributed by atoms with Gasteiger partial charge < -0.3 is 4.57 Å². The van der Waals surface area contributed by atoms with E-state index in [1.165, 1.54) is 10.8 Å². The van der Waals surface area contributed by atoms with Gasteiger partial charge in [-0.05, 0) is 65.7 Å². The van der Waals surface area contributed by atoms with Crippen molar-refractivity contribution in [2.75, 3.05) is 0 Å². The zero-order valence-corrected chi connectivity index (χ0v) is 29.7. The largest absolute Gasteiger partial charge is 0.308 e. The first-order valence-corrected chi connectivity index (χ1v) is 18.2. The van der Waals surface area contributed by atoms with Crippen LogP contribution in [0, 0.1) is 0 Å². The van der Waals surface area contributed by atoms with E-state index in [0.717, 1.165) is 78.7 Å². The van der Waals surface area contributed by atoms with Crippen LogP contribution in [0.5, 0.6) is 0 Å². The van der Waals surface area contributed by atoms with Crippen molar-refractivity contribution in [1.82, 2.24) is 29.5 Å². The van der Waals surface area contributed by atoms with Gasteiger partial charge in [0.05, 0.1) is 57.1 Å². The van der Waals surface area contributed by atoms with Crippen LogP contribution in [0.4, 0.5) is 0 Å². The molecule has 0 fully saturated rings. The molecule has 6 heteroatoms. The number of benzene rings is 5. The van der Waals surface area contributed by atoms with Crippen molar-refractivity contribution in [3.8, 4) is 73.5 Å². The van der Waals surface area contributed by atoms with E-state index >= 15 is 0 Å². The summed E-state index contributed by atoms with van der Waals surface area (Å²) >= 11 is 0. The molecule has 0 unspecified atom stereocenters. The number of pyridine rings is 3. The minimum Gasteiger partial charge on any atom is -0.308 e. The zero-order valence-electron chi connectivity index (χ0n) is 29.7. The summed E-state index contributed by atoms with van der Waals surface area (Å²) in [6.07, 6.45) is 3.81. The molecule has 10 rings (SSSR count). The number of nitrogens with zero attached hydrogens (tertiary/aromatic N) is 6. The van der Waals surface area contributed by atoms with E-state index in [2.05, 4.69) is 120 Å². The fourth-order valence-corrected chi connectivity index (χ4v) is 7.23. The molecule has 258 valence electrons. The molecule has 0 saturated carbocycles. The van der Waals surface area contributed by atoms with Crippen molar-refractivity contribution in [3.63, 3.8) is 0 Å². The third-order valence-corrected chi connectivity index (χ3v) is 9.93. The van der Waals surface area contributed by atoms with Crippen LogP contribution in [-0.4, -0.2) is 29.5 Å². The van der Waals surface area contributed by atoms with Crippen LogP contribution in [-0.2, 0) is 0 Å². The molecule has 0 spiro atoms. The Bertz CT molecular complexity index is 2830. The molecule has 0 aliphatic carbocycles. The minimum absolute atomic E-state index is 0.666. The lowest BCUT2D eigenvalue weighted by molar-refractivity contribution is 1.13. The van der Waals surface area contributed by atoms with Crippen LogP contribution < -0.4 is 0 Å². The first-order chi connectivity index (χ1) is 27.2. The molecule has 0 aliphatic rings. The molecule has 5 heterocycles. The van der Waals surface area contributed by atoms with Gasteiger partial charge in [0.25, 0.3) is 0 Å². The topological polar surface area (TPSA) is 69.4 Å².